The number of halogens is 3. The lowest BCUT2D eigenvalue weighted by Gasteiger charge is -2.39. The van der Waals surface area contributed by atoms with E-state index in [0.29, 0.717) is 29.9 Å². The topological polar surface area (TPSA) is 116 Å². The number of non-ortho nitro benzene ring substituents is 1. The molecule has 4 aromatic rings. The van der Waals surface area contributed by atoms with Gasteiger partial charge in [-0.1, -0.05) is 36.4 Å². The summed E-state index contributed by atoms with van der Waals surface area (Å²) in [6.45, 7) is 1.85. The molecule has 1 aliphatic rings. The third kappa shape index (κ3) is 7.63. The summed E-state index contributed by atoms with van der Waals surface area (Å²) < 4.78 is 62.6. The van der Waals surface area contributed by atoms with E-state index < -0.39 is 29.2 Å². The average molecular weight is 668 g/mol. The van der Waals surface area contributed by atoms with Gasteiger partial charge in [0, 0.05) is 61.5 Å². The highest BCUT2D eigenvalue weighted by atomic mass is 19.4. The smallest absolute Gasteiger partial charge is 0.422 e. The Morgan fingerprint density at radius 1 is 1.06 bits per heavy atom. The van der Waals surface area contributed by atoms with Gasteiger partial charge in [0.2, 0.25) is 5.60 Å². The van der Waals surface area contributed by atoms with Gasteiger partial charge in [-0.15, -0.1) is 0 Å². The number of hydrogen-bond donors (Lipinski definition) is 1. The number of alkyl halides is 3. The van der Waals surface area contributed by atoms with Crippen LogP contribution in [0.1, 0.15) is 36.5 Å². The van der Waals surface area contributed by atoms with E-state index in [4.69, 9.17) is 14.2 Å². The molecule has 48 heavy (non-hydrogen) atoms. The predicted octanol–water partition coefficient (Wildman–Crippen LogP) is 6.48. The van der Waals surface area contributed by atoms with Gasteiger partial charge >= 0.3 is 12.1 Å². The Balaban J connectivity index is 1.34. The van der Waals surface area contributed by atoms with Crippen LogP contribution < -0.4 is 9.47 Å². The summed E-state index contributed by atoms with van der Waals surface area (Å²) in [6.07, 6.45) is -0.434. The Morgan fingerprint density at radius 3 is 2.44 bits per heavy atom. The average Bonchev–Trinajstić information content (AvgIpc) is 3.43. The fourth-order valence-corrected chi connectivity index (χ4v) is 5.89. The Hall–Kier alpha value is -4.88. The minimum Gasteiger partial charge on any atom is -0.493 e. The molecule has 1 atom stereocenters. The number of likely N-dealkylation sites (tertiary alicyclic amines) is 1. The number of fused-ring (bicyclic) bond motifs is 1. The van der Waals surface area contributed by atoms with Crippen LogP contribution >= 0.6 is 0 Å². The molecule has 1 N–H and O–H groups in total. The number of rotatable bonds is 12. The predicted molar refractivity (Wildman–Crippen MR) is 173 cm³/mol. The maximum Gasteiger partial charge on any atom is 0.422 e. The fraction of sp³-hybridized carbons (Fsp3) is 0.343. The highest BCUT2D eigenvalue weighted by Gasteiger charge is 2.57. The first kappa shape index (κ1) is 34.5. The van der Waals surface area contributed by atoms with Gasteiger partial charge in [-0.05, 0) is 55.2 Å². The molecule has 2 heterocycles. The summed E-state index contributed by atoms with van der Waals surface area (Å²) in [4.78, 5) is 24.1. The quantitative estimate of drug-likeness (QED) is 0.0791. The van der Waals surface area contributed by atoms with Crippen LogP contribution in [0.15, 0.2) is 79.0 Å². The van der Waals surface area contributed by atoms with Gasteiger partial charge in [-0.2, -0.15) is 13.2 Å². The molecule has 0 amide bonds. The zero-order valence-electron chi connectivity index (χ0n) is 26.5. The Morgan fingerprint density at radius 2 is 1.79 bits per heavy atom. The lowest BCUT2D eigenvalue weighted by Crippen LogP contribution is -2.53. The molecule has 1 aromatic heterocycles. The lowest BCUT2D eigenvalue weighted by molar-refractivity contribution is -0.384. The first-order valence-electron chi connectivity index (χ1n) is 15.4. The number of piperidine rings is 1. The van der Waals surface area contributed by atoms with Crippen molar-refractivity contribution in [3.63, 3.8) is 0 Å². The van der Waals surface area contributed by atoms with Crippen molar-refractivity contribution in [3.8, 4) is 11.5 Å². The van der Waals surface area contributed by atoms with Crippen LogP contribution in [0.4, 0.5) is 18.9 Å². The number of nitro groups is 1. The number of esters is 1. The zero-order chi connectivity index (χ0) is 34.5. The number of aliphatic hydroxyl groups is 1. The van der Waals surface area contributed by atoms with E-state index in [1.807, 2.05) is 6.07 Å². The van der Waals surface area contributed by atoms with E-state index in [0.717, 1.165) is 11.6 Å². The largest absolute Gasteiger partial charge is 0.493 e. The molecule has 10 nitrogen and oxygen atoms in total. The number of β-amino-alcohol motifs (C(OH)–C–C–N with tert-alkyl or cyclic N) is 1. The molecule has 1 fully saturated rings. The van der Waals surface area contributed by atoms with Gasteiger partial charge in [0.25, 0.3) is 5.69 Å². The van der Waals surface area contributed by atoms with Crippen molar-refractivity contribution in [1.29, 1.82) is 0 Å². The van der Waals surface area contributed by atoms with Gasteiger partial charge in [0.05, 0.1) is 24.2 Å². The van der Waals surface area contributed by atoms with E-state index in [1.165, 1.54) is 36.1 Å². The van der Waals surface area contributed by atoms with Gasteiger partial charge in [0.15, 0.2) is 11.5 Å². The third-order valence-corrected chi connectivity index (χ3v) is 8.35. The normalized spacial score (nSPS) is 15.8. The first-order valence-corrected chi connectivity index (χ1v) is 15.4. The third-order valence-electron chi connectivity index (χ3n) is 8.35. The zero-order valence-corrected chi connectivity index (χ0v) is 26.5. The molecule has 0 spiro atoms. The molecular formula is C35H36F3N3O7. The molecule has 5 rings (SSSR count). The molecular weight excluding hydrogens is 631 g/mol. The van der Waals surface area contributed by atoms with E-state index in [2.05, 4.69) is 0 Å². The standard InChI is InChI=1S/C35H36F3N3O7/c1-3-47-33(42)14-10-24-9-13-31(32(19-24)46-2)48-27-15-17-39(18-16-27)23-34(43,35(36,37)38)29-22-40(21-25-7-5-4-6-8-25)30-20-26(41(44)45)11-12-28(29)30/h4-14,19-20,22,27,43H,3,15-18,21,23H2,1-2H3. The van der Waals surface area contributed by atoms with Crippen molar-refractivity contribution in [2.24, 2.45) is 0 Å². The Labute approximate surface area is 275 Å². The summed E-state index contributed by atoms with van der Waals surface area (Å²) in [5.74, 6) is 0.418. The van der Waals surface area contributed by atoms with Crippen LogP contribution in [-0.2, 0) is 21.7 Å². The fourth-order valence-electron chi connectivity index (χ4n) is 5.89. The van der Waals surface area contributed by atoms with Crippen molar-refractivity contribution in [1.82, 2.24) is 9.47 Å². The first-order chi connectivity index (χ1) is 22.9. The van der Waals surface area contributed by atoms with Gasteiger partial charge in [-0.25, -0.2) is 4.79 Å². The molecule has 0 bridgehead atoms. The van der Waals surface area contributed by atoms with Gasteiger partial charge in [-0.3, -0.25) is 15.0 Å². The highest BCUT2D eigenvalue weighted by Crippen LogP contribution is 2.44. The van der Waals surface area contributed by atoms with Crippen LogP contribution in [0.3, 0.4) is 0 Å². The van der Waals surface area contributed by atoms with Crippen LogP contribution in [0.5, 0.6) is 11.5 Å². The molecule has 13 heteroatoms. The molecule has 1 aliphatic heterocycles. The minimum atomic E-state index is -5.05. The maximum absolute atomic E-state index is 14.9. The number of carbonyl (C=O) groups is 1. The van der Waals surface area contributed by atoms with E-state index in [1.54, 1.807) is 60.4 Å². The number of methoxy groups -OCH3 is 1. The summed E-state index contributed by atoms with van der Waals surface area (Å²) in [6, 6.07) is 17.8. The number of ether oxygens (including phenoxy) is 3. The Kier molecular flexibility index (Phi) is 10.4. The van der Waals surface area contributed by atoms with E-state index in [-0.39, 0.29) is 54.5 Å². The second-order valence-electron chi connectivity index (χ2n) is 11.6. The van der Waals surface area contributed by atoms with Crippen molar-refractivity contribution in [2.45, 2.75) is 44.2 Å². The number of aromatic nitrogens is 1. The number of nitro benzene ring substituents is 1. The van der Waals surface area contributed by atoms with Crippen LogP contribution in [0.25, 0.3) is 17.0 Å². The van der Waals surface area contributed by atoms with Crippen molar-refractivity contribution < 1.29 is 42.2 Å². The monoisotopic (exact) mass is 667 g/mol. The number of carbonyl (C=O) groups excluding carboxylic acids is 1. The number of nitrogens with zero attached hydrogens (tertiary/aromatic N) is 3. The molecule has 0 radical (unpaired) electrons. The maximum atomic E-state index is 14.9. The summed E-state index contributed by atoms with van der Waals surface area (Å²) in [5, 5.41) is 23.1. The minimum absolute atomic E-state index is 0.0854. The molecule has 0 saturated carbocycles. The molecule has 1 saturated heterocycles. The Bertz CT molecular complexity index is 1780. The second-order valence-corrected chi connectivity index (χ2v) is 11.6. The van der Waals surface area contributed by atoms with Crippen molar-refractivity contribution >= 4 is 28.6 Å². The number of benzene rings is 3. The van der Waals surface area contributed by atoms with E-state index >= 15 is 0 Å². The number of hydrogen-bond acceptors (Lipinski definition) is 8. The van der Waals surface area contributed by atoms with Gasteiger partial charge in [0.1, 0.15) is 6.10 Å². The molecule has 0 aliphatic carbocycles. The van der Waals surface area contributed by atoms with Crippen molar-refractivity contribution in [2.75, 3.05) is 33.4 Å². The summed E-state index contributed by atoms with van der Waals surface area (Å²) >= 11 is 0. The summed E-state index contributed by atoms with van der Waals surface area (Å²) in [7, 11) is 1.48. The molecule has 254 valence electrons. The molecule has 1 unspecified atom stereocenters. The van der Waals surface area contributed by atoms with Crippen LogP contribution in [0, 0.1) is 10.1 Å². The van der Waals surface area contributed by atoms with Crippen LogP contribution in [-0.4, -0.2) is 71.1 Å². The summed E-state index contributed by atoms with van der Waals surface area (Å²) in [5.41, 5.74) is -2.20. The van der Waals surface area contributed by atoms with Crippen molar-refractivity contribution in [3.05, 3.63) is 106 Å². The SMILES string of the molecule is CCOC(=O)C=Cc1ccc(OC2CCN(CC(O)(c3cn(Cc4ccccc4)c4cc([N+](=O)[O-])ccc34)C(F)(F)F)CC2)c(OC)c1. The molecule has 3 aromatic carbocycles. The highest BCUT2D eigenvalue weighted by molar-refractivity contribution is 5.88. The van der Waals surface area contributed by atoms with Gasteiger partial charge < -0.3 is 23.9 Å². The van der Waals surface area contributed by atoms with Crippen LogP contribution in [0.2, 0.25) is 0 Å². The second kappa shape index (κ2) is 14.5. The van der Waals surface area contributed by atoms with E-state index in [9.17, 15) is 33.2 Å². The lowest BCUT2D eigenvalue weighted by atomic mass is 9.91.